The summed E-state index contributed by atoms with van der Waals surface area (Å²) in [4.78, 5) is 0. The predicted molar refractivity (Wildman–Crippen MR) is 68.4 cm³/mol. The van der Waals surface area contributed by atoms with Crippen LogP contribution in [0.1, 0.15) is 37.8 Å². The van der Waals surface area contributed by atoms with Gasteiger partial charge in [-0.1, -0.05) is 44.5 Å². The van der Waals surface area contributed by atoms with E-state index in [-0.39, 0.29) is 6.10 Å². The van der Waals surface area contributed by atoms with Gasteiger partial charge in [-0.05, 0) is 24.0 Å². The zero-order valence-electron chi connectivity index (χ0n) is 10.4. The molecule has 0 spiro atoms. The van der Waals surface area contributed by atoms with E-state index < -0.39 is 0 Å². The summed E-state index contributed by atoms with van der Waals surface area (Å²) >= 11 is 0. The monoisotopic (exact) mass is 221 g/mol. The molecule has 2 heteroatoms. The Morgan fingerprint density at radius 1 is 1.12 bits per heavy atom. The quantitative estimate of drug-likeness (QED) is 0.741. The summed E-state index contributed by atoms with van der Waals surface area (Å²) in [6, 6.07) is 8.63. The minimum Gasteiger partial charge on any atom is -0.392 e. The van der Waals surface area contributed by atoms with Gasteiger partial charge in [0.2, 0.25) is 0 Å². The van der Waals surface area contributed by atoms with Gasteiger partial charge in [0.15, 0.2) is 0 Å². The van der Waals surface area contributed by atoms with E-state index in [1.807, 2.05) is 0 Å². The van der Waals surface area contributed by atoms with Crippen LogP contribution < -0.4 is 5.32 Å². The maximum Gasteiger partial charge on any atom is 0.0664 e. The van der Waals surface area contributed by atoms with Crippen LogP contribution >= 0.6 is 0 Å². The predicted octanol–water partition coefficient (Wildman–Crippen LogP) is 2.50. The average Bonchev–Trinajstić information content (AvgIpc) is 2.30. The van der Waals surface area contributed by atoms with E-state index >= 15 is 0 Å². The van der Waals surface area contributed by atoms with Crippen molar-refractivity contribution in [2.45, 2.75) is 45.8 Å². The lowest BCUT2D eigenvalue weighted by Gasteiger charge is -2.10. The minimum absolute atomic E-state index is 0.208. The van der Waals surface area contributed by atoms with Crippen molar-refractivity contribution in [3.8, 4) is 0 Å². The van der Waals surface area contributed by atoms with Crippen molar-refractivity contribution in [1.29, 1.82) is 0 Å². The van der Waals surface area contributed by atoms with Gasteiger partial charge in [0.1, 0.15) is 0 Å². The standard InChI is InChI=1S/C14H23NO/c1-3-5-14(16)11-15-10-13-8-6-12(4-2)7-9-13/h6-9,14-16H,3-5,10-11H2,1-2H3. The number of nitrogens with one attached hydrogen (secondary N) is 1. The highest BCUT2D eigenvalue weighted by molar-refractivity contribution is 5.22. The SMILES string of the molecule is CCCC(O)CNCc1ccc(CC)cc1. The first-order valence-corrected chi connectivity index (χ1v) is 6.22. The molecule has 0 saturated carbocycles. The first kappa shape index (κ1) is 13.2. The number of hydrogen-bond donors (Lipinski definition) is 2. The molecule has 16 heavy (non-hydrogen) atoms. The summed E-state index contributed by atoms with van der Waals surface area (Å²) in [5.74, 6) is 0. The fourth-order valence-electron chi connectivity index (χ4n) is 1.71. The molecule has 0 bridgehead atoms. The Bertz CT molecular complexity index is 281. The highest BCUT2D eigenvalue weighted by atomic mass is 16.3. The molecule has 0 aliphatic heterocycles. The molecule has 0 fully saturated rings. The van der Waals surface area contributed by atoms with Gasteiger partial charge in [0.25, 0.3) is 0 Å². The first-order valence-electron chi connectivity index (χ1n) is 6.22. The van der Waals surface area contributed by atoms with E-state index in [2.05, 4.69) is 43.4 Å². The molecule has 0 aliphatic rings. The van der Waals surface area contributed by atoms with Crippen LogP contribution in [-0.2, 0) is 13.0 Å². The summed E-state index contributed by atoms with van der Waals surface area (Å²) in [7, 11) is 0. The normalized spacial score (nSPS) is 12.7. The van der Waals surface area contributed by atoms with Crippen LogP contribution in [0, 0.1) is 0 Å². The molecule has 2 N–H and O–H groups in total. The Kier molecular flexibility index (Phi) is 6.12. The maximum atomic E-state index is 9.55. The molecular formula is C14H23NO. The Morgan fingerprint density at radius 3 is 2.31 bits per heavy atom. The second-order valence-electron chi connectivity index (χ2n) is 4.24. The lowest BCUT2D eigenvalue weighted by molar-refractivity contribution is 0.160. The number of aliphatic hydroxyl groups excluding tert-OH is 1. The molecule has 1 unspecified atom stereocenters. The second-order valence-corrected chi connectivity index (χ2v) is 4.24. The zero-order chi connectivity index (χ0) is 11.8. The summed E-state index contributed by atoms with van der Waals surface area (Å²) in [5, 5.41) is 12.8. The van der Waals surface area contributed by atoms with Crippen molar-refractivity contribution in [1.82, 2.24) is 5.32 Å². The van der Waals surface area contributed by atoms with Crippen LogP contribution in [-0.4, -0.2) is 17.8 Å². The molecule has 0 aromatic heterocycles. The lowest BCUT2D eigenvalue weighted by Crippen LogP contribution is -2.26. The third kappa shape index (κ3) is 4.77. The van der Waals surface area contributed by atoms with E-state index in [4.69, 9.17) is 0 Å². The van der Waals surface area contributed by atoms with Gasteiger partial charge in [-0.25, -0.2) is 0 Å². The Hall–Kier alpha value is -0.860. The largest absolute Gasteiger partial charge is 0.392 e. The topological polar surface area (TPSA) is 32.3 Å². The molecule has 1 atom stereocenters. The van der Waals surface area contributed by atoms with Crippen molar-refractivity contribution in [3.05, 3.63) is 35.4 Å². The van der Waals surface area contributed by atoms with Crippen LogP contribution in [0.4, 0.5) is 0 Å². The summed E-state index contributed by atoms with van der Waals surface area (Å²) < 4.78 is 0. The minimum atomic E-state index is -0.208. The number of aliphatic hydroxyl groups is 1. The van der Waals surface area contributed by atoms with Gasteiger partial charge in [-0.2, -0.15) is 0 Å². The molecular weight excluding hydrogens is 198 g/mol. The van der Waals surface area contributed by atoms with Gasteiger partial charge >= 0.3 is 0 Å². The molecule has 0 amide bonds. The van der Waals surface area contributed by atoms with Crippen molar-refractivity contribution >= 4 is 0 Å². The molecule has 0 radical (unpaired) electrons. The van der Waals surface area contributed by atoms with Crippen LogP contribution in [0.2, 0.25) is 0 Å². The van der Waals surface area contributed by atoms with Gasteiger partial charge in [0.05, 0.1) is 6.10 Å². The average molecular weight is 221 g/mol. The van der Waals surface area contributed by atoms with Crippen molar-refractivity contribution in [2.75, 3.05) is 6.54 Å². The highest BCUT2D eigenvalue weighted by Crippen LogP contribution is 2.04. The number of benzene rings is 1. The molecule has 1 rings (SSSR count). The Labute approximate surface area is 98.7 Å². The first-order chi connectivity index (χ1) is 7.76. The molecule has 1 aromatic rings. The number of rotatable bonds is 7. The molecule has 90 valence electrons. The van der Waals surface area contributed by atoms with Crippen LogP contribution in [0.5, 0.6) is 0 Å². The van der Waals surface area contributed by atoms with Crippen molar-refractivity contribution in [2.24, 2.45) is 0 Å². The molecule has 0 saturated heterocycles. The highest BCUT2D eigenvalue weighted by Gasteiger charge is 2.01. The van der Waals surface area contributed by atoms with Crippen molar-refractivity contribution < 1.29 is 5.11 Å². The van der Waals surface area contributed by atoms with Crippen LogP contribution in [0.25, 0.3) is 0 Å². The smallest absolute Gasteiger partial charge is 0.0664 e. The maximum absolute atomic E-state index is 9.55. The molecule has 1 aromatic carbocycles. The van der Waals surface area contributed by atoms with Crippen LogP contribution in [0.15, 0.2) is 24.3 Å². The number of hydrogen-bond acceptors (Lipinski definition) is 2. The van der Waals surface area contributed by atoms with Gasteiger partial charge in [0, 0.05) is 13.1 Å². The lowest BCUT2D eigenvalue weighted by atomic mass is 10.1. The summed E-state index contributed by atoms with van der Waals surface area (Å²) in [5.41, 5.74) is 2.65. The van der Waals surface area contributed by atoms with Gasteiger partial charge < -0.3 is 10.4 Å². The van der Waals surface area contributed by atoms with Crippen molar-refractivity contribution in [3.63, 3.8) is 0 Å². The second kappa shape index (κ2) is 7.42. The Balaban J connectivity index is 2.26. The van der Waals surface area contributed by atoms with E-state index in [0.717, 1.165) is 25.8 Å². The third-order valence-electron chi connectivity index (χ3n) is 2.76. The summed E-state index contributed by atoms with van der Waals surface area (Å²) in [6.07, 6.45) is 2.79. The molecule has 2 nitrogen and oxygen atoms in total. The number of aryl methyl sites for hydroxylation is 1. The van der Waals surface area contributed by atoms with Crippen LogP contribution in [0.3, 0.4) is 0 Å². The van der Waals surface area contributed by atoms with E-state index in [1.165, 1.54) is 11.1 Å². The van der Waals surface area contributed by atoms with E-state index in [1.54, 1.807) is 0 Å². The van der Waals surface area contributed by atoms with E-state index in [0.29, 0.717) is 6.54 Å². The molecule has 0 heterocycles. The van der Waals surface area contributed by atoms with Gasteiger partial charge in [-0.3, -0.25) is 0 Å². The summed E-state index contributed by atoms with van der Waals surface area (Å²) in [6.45, 7) is 5.77. The third-order valence-corrected chi connectivity index (χ3v) is 2.76. The Morgan fingerprint density at radius 2 is 1.75 bits per heavy atom. The fraction of sp³-hybridized carbons (Fsp3) is 0.571. The zero-order valence-corrected chi connectivity index (χ0v) is 10.4. The molecule has 0 aliphatic carbocycles. The van der Waals surface area contributed by atoms with E-state index in [9.17, 15) is 5.11 Å². The van der Waals surface area contributed by atoms with Gasteiger partial charge in [-0.15, -0.1) is 0 Å². The fourth-order valence-corrected chi connectivity index (χ4v) is 1.71.